The number of hydrogen-bond donors (Lipinski definition) is 0. The summed E-state index contributed by atoms with van der Waals surface area (Å²) in [4.78, 5) is 21.6. The number of carbonyl (C=O) groups excluding carboxylic acids is 2. The SMILES string of the molecule is CC(=O)C(Br)c1c(I)cccc1C=O. The van der Waals surface area contributed by atoms with Crippen molar-refractivity contribution in [2.45, 2.75) is 11.8 Å². The summed E-state index contributed by atoms with van der Waals surface area (Å²) in [6.45, 7) is 1.50. The van der Waals surface area contributed by atoms with Crippen molar-refractivity contribution >= 4 is 50.6 Å². The quantitative estimate of drug-likeness (QED) is 0.468. The van der Waals surface area contributed by atoms with Gasteiger partial charge in [-0.05, 0) is 41.1 Å². The molecule has 74 valence electrons. The van der Waals surface area contributed by atoms with Crippen LogP contribution in [0.1, 0.15) is 27.7 Å². The van der Waals surface area contributed by atoms with Gasteiger partial charge in [0.2, 0.25) is 0 Å². The molecule has 14 heavy (non-hydrogen) atoms. The van der Waals surface area contributed by atoms with Crippen LogP contribution in [0.4, 0.5) is 0 Å². The summed E-state index contributed by atoms with van der Waals surface area (Å²) in [5.74, 6) is -0.00258. The fourth-order valence-electron chi connectivity index (χ4n) is 1.13. The summed E-state index contributed by atoms with van der Waals surface area (Å²) in [6.07, 6.45) is 0.773. The lowest BCUT2D eigenvalue weighted by Gasteiger charge is -2.11. The van der Waals surface area contributed by atoms with Gasteiger partial charge in [0.1, 0.15) is 12.1 Å². The van der Waals surface area contributed by atoms with Crippen molar-refractivity contribution in [3.8, 4) is 0 Å². The molecule has 0 aliphatic rings. The average molecular weight is 367 g/mol. The van der Waals surface area contributed by atoms with E-state index in [-0.39, 0.29) is 5.78 Å². The first-order valence-corrected chi connectivity index (χ1v) is 5.95. The summed E-state index contributed by atoms with van der Waals surface area (Å²) in [5.41, 5.74) is 1.32. The van der Waals surface area contributed by atoms with Gasteiger partial charge in [-0.3, -0.25) is 9.59 Å². The van der Waals surface area contributed by atoms with E-state index in [4.69, 9.17) is 0 Å². The summed E-state index contributed by atoms with van der Waals surface area (Å²) < 4.78 is 0.921. The predicted octanol–water partition coefficient (Wildman–Crippen LogP) is 3.13. The van der Waals surface area contributed by atoms with Crippen molar-refractivity contribution in [1.82, 2.24) is 0 Å². The second kappa shape index (κ2) is 5.02. The maximum Gasteiger partial charge on any atom is 0.150 e. The topological polar surface area (TPSA) is 34.1 Å². The molecule has 1 aromatic carbocycles. The standard InChI is InChI=1S/C10H8BrIO2/c1-6(14)10(11)9-7(5-13)3-2-4-8(9)12/h2-5,10H,1H3. The van der Waals surface area contributed by atoms with Crippen LogP contribution in [-0.4, -0.2) is 12.1 Å². The highest BCUT2D eigenvalue weighted by atomic mass is 127. The third-order valence-electron chi connectivity index (χ3n) is 1.82. The van der Waals surface area contributed by atoms with Crippen molar-refractivity contribution in [3.05, 3.63) is 32.9 Å². The van der Waals surface area contributed by atoms with E-state index in [1.54, 1.807) is 12.1 Å². The molecule has 0 fully saturated rings. The number of halogens is 2. The zero-order chi connectivity index (χ0) is 10.7. The second-order valence-corrected chi connectivity index (χ2v) is 4.91. The monoisotopic (exact) mass is 366 g/mol. The summed E-state index contributed by atoms with van der Waals surface area (Å²) in [7, 11) is 0. The van der Waals surface area contributed by atoms with Crippen LogP contribution >= 0.6 is 38.5 Å². The van der Waals surface area contributed by atoms with Gasteiger partial charge >= 0.3 is 0 Å². The van der Waals surface area contributed by atoms with Gasteiger partial charge in [0.05, 0.1) is 4.83 Å². The van der Waals surface area contributed by atoms with E-state index in [0.717, 1.165) is 15.4 Å². The maximum atomic E-state index is 11.2. The molecule has 0 heterocycles. The number of Topliss-reactive ketones (excluding diaryl/α,β-unsaturated/α-hetero) is 1. The molecule has 0 aromatic heterocycles. The molecular formula is C10H8BrIO2. The van der Waals surface area contributed by atoms with Crippen molar-refractivity contribution in [2.24, 2.45) is 0 Å². The Morgan fingerprint density at radius 3 is 2.71 bits per heavy atom. The van der Waals surface area contributed by atoms with Crippen LogP contribution in [0.5, 0.6) is 0 Å². The Kier molecular flexibility index (Phi) is 4.25. The van der Waals surface area contributed by atoms with Crippen LogP contribution in [0, 0.1) is 3.57 Å². The fourth-order valence-corrected chi connectivity index (χ4v) is 2.90. The lowest BCUT2D eigenvalue weighted by molar-refractivity contribution is -0.116. The highest BCUT2D eigenvalue weighted by Gasteiger charge is 2.18. The first-order valence-electron chi connectivity index (χ1n) is 3.96. The third-order valence-corrected chi connectivity index (χ3v) is 3.87. The summed E-state index contributed by atoms with van der Waals surface area (Å²) in [6, 6.07) is 5.39. The molecule has 0 N–H and O–H groups in total. The number of ketones is 1. The molecule has 0 aliphatic carbocycles. The highest BCUT2D eigenvalue weighted by molar-refractivity contribution is 14.1. The minimum atomic E-state index is -0.393. The van der Waals surface area contributed by atoms with E-state index in [1.165, 1.54) is 6.92 Å². The van der Waals surface area contributed by atoms with Gasteiger partial charge in [0.25, 0.3) is 0 Å². The highest BCUT2D eigenvalue weighted by Crippen LogP contribution is 2.30. The Bertz CT molecular complexity index is 376. The van der Waals surface area contributed by atoms with Gasteiger partial charge in [-0.15, -0.1) is 0 Å². The van der Waals surface area contributed by atoms with E-state index in [1.807, 2.05) is 6.07 Å². The van der Waals surface area contributed by atoms with Gasteiger partial charge in [-0.2, -0.15) is 0 Å². The number of benzene rings is 1. The minimum absolute atomic E-state index is 0.00258. The van der Waals surface area contributed by atoms with E-state index in [9.17, 15) is 9.59 Å². The second-order valence-electron chi connectivity index (χ2n) is 2.83. The van der Waals surface area contributed by atoms with Crippen LogP contribution < -0.4 is 0 Å². The normalized spacial score (nSPS) is 12.2. The van der Waals surface area contributed by atoms with Gasteiger partial charge in [-0.1, -0.05) is 28.1 Å². The molecule has 0 amide bonds. The van der Waals surface area contributed by atoms with E-state index in [2.05, 4.69) is 38.5 Å². The molecule has 0 bridgehead atoms. The van der Waals surface area contributed by atoms with Crippen LogP contribution in [0.25, 0.3) is 0 Å². The van der Waals surface area contributed by atoms with Crippen molar-refractivity contribution in [3.63, 3.8) is 0 Å². The number of rotatable bonds is 3. The number of aldehydes is 1. The number of carbonyl (C=O) groups is 2. The number of alkyl halides is 1. The molecule has 0 aliphatic heterocycles. The van der Waals surface area contributed by atoms with Gasteiger partial charge < -0.3 is 0 Å². The minimum Gasteiger partial charge on any atom is -0.298 e. The van der Waals surface area contributed by atoms with Gasteiger partial charge in [0.15, 0.2) is 0 Å². The van der Waals surface area contributed by atoms with Gasteiger partial charge in [-0.25, -0.2) is 0 Å². The molecule has 1 atom stereocenters. The van der Waals surface area contributed by atoms with Crippen molar-refractivity contribution in [1.29, 1.82) is 0 Å². The predicted molar refractivity (Wildman–Crippen MR) is 66.9 cm³/mol. The van der Waals surface area contributed by atoms with Gasteiger partial charge in [0, 0.05) is 9.13 Å². The molecule has 0 saturated carbocycles. The molecule has 4 heteroatoms. The molecule has 2 nitrogen and oxygen atoms in total. The first-order chi connectivity index (χ1) is 6.57. The molecule has 0 spiro atoms. The van der Waals surface area contributed by atoms with Crippen molar-refractivity contribution < 1.29 is 9.59 Å². The smallest absolute Gasteiger partial charge is 0.150 e. The van der Waals surface area contributed by atoms with E-state index < -0.39 is 4.83 Å². The lowest BCUT2D eigenvalue weighted by atomic mass is 10.0. The first kappa shape index (κ1) is 11.8. The Hall–Kier alpha value is -0.230. The van der Waals surface area contributed by atoms with Crippen LogP contribution in [0.15, 0.2) is 18.2 Å². The largest absolute Gasteiger partial charge is 0.298 e. The zero-order valence-corrected chi connectivity index (χ0v) is 11.2. The summed E-state index contributed by atoms with van der Waals surface area (Å²) in [5, 5.41) is 0. The Morgan fingerprint density at radius 2 is 2.21 bits per heavy atom. The third kappa shape index (κ3) is 2.42. The lowest BCUT2D eigenvalue weighted by Crippen LogP contribution is -2.06. The zero-order valence-electron chi connectivity index (χ0n) is 7.46. The van der Waals surface area contributed by atoms with Crippen molar-refractivity contribution in [2.75, 3.05) is 0 Å². The van der Waals surface area contributed by atoms with Crippen LogP contribution in [0.2, 0.25) is 0 Å². The Labute approximate surface area is 104 Å². The van der Waals surface area contributed by atoms with Crippen LogP contribution in [-0.2, 0) is 4.79 Å². The molecule has 0 saturated heterocycles. The molecule has 0 radical (unpaired) electrons. The fraction of sp³-hybridized carbons (Fsp3) is 0.200. The Balaban J connectivity index is 3.30. The molecule has 1 rings (SSSR count). The molecule has 1 unspecified atom stereocenters. The average Bonchev–Trinajstić information content (AvgIpc) is 2.16. The maximum absolute atomic E-state index is 11.2. The molecule has 1 aromatic rings. The number of hydrogen-bond acceptors (Lipinski definition) is 2. The van der Waals surface area contributed by atoms with E-state index >= 15 is 0 Å². The Morgan fingerprint density at radius 1 is 1.57 bits per heavy atom. The van der Waals surface area contributed by atoms with Crippen LogP contribution in [0.3, 0.4) is 0 Å². The van der Waals surface area contributed by atoms with E-state index in [0.29, 0.717) is 5.56 Å². The summed E-state index contributed by atoms with van der Waals surface area (Å²) >= 11 is 5.40. The molecular weight excluding hydrogens is 359 g/mol.